The molecule has 90 valence electrons. The lowest BCUT2D eigenvalue weighted by Gasteiger charge is -2.11. The van der Waals surface area contributed by atoms with Crippen LogP contribution in [0.2, 0.25) is 0 Å². The Bertz CT molecular complexity index is 455. The molecule has 1 aromatic carbocycles. The molecule has 0 atom stereocenters. The maximum Gasteiger partial charge on any atom is 0.247 e. The molecule has 0 spiro atoms. The number of carbonyl (C=O) groups is 2. The quantitative estimate of drug-likeness (QED) is 0.780. The number of anilines is 2. The molecule has 0 bridgehead atoms. The summed E-state index contributed by atoms with van der Waals surface area (Å²) in [6.07, 6.45) is 1.17. The van der Waals surface area contributed by atoms with Crippen LogP contribution in [0.5, 0.6) is 5.75 Å². The van der Waals surface area contributed by atoms with E-state index in [1.807, 2.05) is 0 Å². The highest BCUT2D eigenvalue weighted by molar-refractivity contribution is 5.99. The number of rotatable bonds is 4. The van der Waals surface area contributed by atoms with E-state index < -0.39 is 0 Å². The van der Waals surface area contributed by atoms with Crippen molar-refractivity contribution < 1.29 is 14.3 Å². The summed E-state index contributed by atoms with van der Waals surface area (Å²) in [5.41, 5.74) is 1.12. The van der Waals surface area contributed by atoms with Gasteiger partial charge in [0.2, 0.25) is 11.8 Å². The highest BCUT2D eigenvalue weighted by Gasteiger charge is 2.06. The van der Waals surface area contributed by atoms with E-state index in [9.17, 15) is 9.59 Å². The molecule has 1 aromatic rings. The fourth-order valence-electron chi connectivity index (χ4n) is 1.26. The zero-order valence-electron chi connectivity index (χ0n) is 9.74. The summed E-state index contributed by atoms with van der Waals surface area (Å²) < 4.78 is 5.11. The van der Waals surface area contributed by atoms with Crippen LogP contribution in [0.25, 0.3) is 0 Å². The Balaban J connectivity index is 2.95. The maximum absolute atomic E-state index is 11.1. The second-order valence-electron chi connectivity index (χ2n) is 3.29. The van der Waals surface area contributed by atoms with Crippen LogP contribution < -0.4 is 15.4 Å². The van der Waals surface area contributed by atoms with Gasteiger partial charge in [0, 0.05) is 18.7 Å². The van der Waals surface area contributed by atoms with Crippen LogP contribution in [0.3, 0.4) is 0 Å². The van der Waals surface area contributed by atoms with Gasteiger partial charge in [-0.2, -0.15) is 0 Å². The smallest absolute Gasteiger partial charge is 0.247 e. The SMILES string of the molecule is C=CC(=O)Nc1ccc(NC(C)=O)c(OC)c1. The monoisotopic (exact) mass is 234 g/mol. The summed E-state index contributed by atoms with van der Waals surface area (Å²) in [6, 6.07) is 4.93. The summed E-state index contributed by atoms with van der Waals surface area (Å²) in [5, 5.41) is 5.22. The van der Waals surface area contributed by atoms with Crippen LogP contribution in [0.1, 0.15) is 6.92 Å². The normalized spacial score (nSPS) is 9.29. The van der Waals surface area contributed by atoms with Crippen molar-refractivity contribution >= 4 is 23.2 Å². The molecule has 2 amide bonds. The largest absolute Gasteiger partial charge is 0.494 e. The van der Waals surface area contributed by atoms with Crippen molar-refractivity contribution in [2.75, 3.05) is 17.7 Å². The van der Waals surface area contributed by atoms with Crippen LogP contribution in [-0.4, -0.2) is 18.9 Å². The molecule has 0 aliphatic heterocycles. The number of amides is 2. The van der Waals surface area contributed by atoms with Gasteiger partial charge in [0.15, 0.2) is 0 Å². The number of nitrogens with one attached hydrogen (secondary N) is 2. The summed E-state index contributed by atoms with van der Waals surface area (Å²) in [4.78, 5) is 22.0. The molecule has 2 N–H and O–H groups in total. The Kier molecular flexibility index (Phi) is 4.28. The first-order chi connectivity index (χ1) is 8.06. The van der Waals surface area contributed by atoms with E-state index in [4.69, 9.17) is 4.74 Å². The lowest BCUT2D eigenvalue weighted by molar-refractivity contribution is -0.114. The first-order valence-corrected chi connectivity index (χ1v) is 4.96. The van der Waals surface area contributed by atoms with Gasteiger partial charge in [0.25, 0.3) is 0 Å². The number of benzene rings is 1. The molecule has 0 aliphatic carbocycles. The van der Waals surface area contributed by atoms with Crippen molar-refractivity contribution in [2.24, 2.45) is 0 Å². The molecule has 0 aliphatic rings. The third-order valence-corrected chi connectivity index (χ3v) is 1.97. The molecule has 0 unspecified atom stereocenters. The molecule has 5 nitrogen and oxygen atoms in total. The minimum atomic E-state index is -0.306. The third-order valence-electron chi connectivity index (χ3n) is 1.97. The summed E-state index contributed by atoms with van der Waals surface area (Å²) in [6.45, 7) is 4.77. The van der Waals surface area contributed by atoms with Gasteiger partial charge >= 0.3 is 0 Å². The van der Waals surface area contributed by atoms with Crippen molar-refractivity contribution in [3.63, 3.8) is 0 Å². The fourth-order valence-corrected chi connectivity index (χ4v) is 1.26. The zero-order chi connectivity index (χ0) is 12.8. The maximum atomic E-state index is 11.1. The molecule has 0 saturated heterocycles. The van der Waals surface area contributed by atoms with Gasteiger partial charge < -0.3 is 15.4 Å². The minimum Gasteiger partial charge on any atom is -0.494 e. The molecule has 17 heavy (non-hydrogen) atoms. The Morgan fingerprint density at radius 2 is 2.06 bits per heavy atom. The molecule has 5 heteroatoms. The molecular formula is C12H14N2O3. The standard InChI is InChI=1S/C12H14N2O3/c1-4-12(16)14-9-5-6-10(13-8(2)15)11(7-9)17-3/h4-7H,1H2,2-3H3,(H,13,15)(H,14,16). The number of carbonyl (C=O) groups excluding carboxylic acids is 2. The molecule has 0 aromatic heterocycles. The number of methoxy groups -OCH3 is 1. The Labute approximate surface area is 99.5 Å². The average Bonchev–Trinajstić information content (AvgIpc) is 2.30. The second kappa shape index (κ2) is 5.69. The number of ether oxygens (including phenoxy) is 1. The molecule has 1 rings (SSSR count). The fraction of sp³-hybridized carbons (Fsp3) is 0.167. The van der Waals surface area contributed by atoms with Crippen molar-refractivity contribution in [2.45, 2.75) is 6.92 Å². The van der Waals surface area contributed by atoms with Crippen LogP contribution >= 0.6 is 0 Å². The summed E-state index contributed by atoms with van der Waals surface area (Å²) in [5.74, 6) is -0.0208. The predicted octanol–water partition coefficient (Wildman–Crippen LogP) is 1.78. The topological polar surface area (TPSA) is 67.4 Å². The Hall–Kier alpha value is -2.30. The van der Waals surface area contributed by atoms with E-state index in [0.29, 0.717) is 17.1 Å². The van der Waals surface area contributed by atoms with E-state index in [0.717, 1.165) is 0 Å². The van der Waals surface area contributed by atoms with E-state index >= 15 is 0 Å². The highest BCUT2D eigenvalue weighted by Crippen LogP contribution is 2.27. The lowest BCUT2D eigenvalue weighted by atomic mass is 10.2. The van der Waals surface area contributed by atoms with Gasteiger partial charge in [-0.1, -0.05) is 6.58 Å². The van der Waals surface area contributed by atoms with Crippen molar-refractivity contribution in [3.05, 3.63) is 30.9 Å². The van der Waals surface area contributed by atoms with E-state index in [1.165, 1.54) is 20.1 Å². The predicted molar refractivity (Wildman–Crippen MR) is 66.1 cm³/mol. The minimum absolute atomic E-state index is 0.189. The van der Waals surface area contributed by atoms with Crippen LogP contribution in [-0.2, 0) is 9.59 Å². The second-order valence-corrected chi connectivity index (χ2v) is 3.29. The van der Waals surface area contributed by atoms with Gasteiger partial charge in [0.05, 0.1) is 12.8 Å². The molecule has 0 heterocycles. The summed E-state index contributed by atoms with van der Waals surface area (Å²) >= 11 is 0. The van der Waals surface area contributed by atoms with E-state index in [-0.39, 0.29) is 11.8 Å². The number of hydrogen-bond donors (Lipinski definition) is 2. The Morgan fingerprint density at radius 3 is 2.59 bits per heavy atom. The van der Waals surface area contributed by atoms with Crippen molar-refractivity contribution in [1.82, 2.24) is 0 Å². The van der Waals surface area contributed by atoms with Gasteiger partial charge in [0.1, 0.15) is 5.75 Å². The lowest BCUT2D eigenvalue weighted by Crippen LogP contribution is -2.09. The molecular weight excluding hydrogens is 220 g/mol. The highest BCUT2D eigenvalue weighted by atomic mass is 16.5. The van der Waals surface area contributed by atoms with E-state index in [1.54, 1.807) is 18.2 Å². The average molecular weight is 234 g/mol. The zero-order valence-corrected chi connectivity index (χ0v) is 9.74. The van der Waals surface area contributed by atoms with Gasteiger partial charge in [-0.15, -0.1) is 0 Å². The first-order valence-electron chi connectivity index (χ1n) is 4.96. The van der Waals surface area contributed by atoms with Gasteiger partial charge in [-0.25, -0.2) is 0 Å². The van der Waals surface area contributed by atoms with Crippen molar-refractivity contribution in [1.29, 1.82) is 0 Å². The van der Waals surface area contributed by atoms with Crippen molar-refractivity contribution in [3.8, 4) is 5.75 Å². The van der Waals surface area contributed by atoms with Crippen LogP contribution in [0, 0.1) is 0 Å². The van der Waals surface area contributed by atoms with Crippen LogP contribution in [0.4, 0.5) is 11.4 Å². The molecule has 0 saturated carbocycles. The van der Waals surface area contributed by atoms with Gasteiger partial charge in [-0.3, -0.25) is 9.59 Å². The van der Waals surface area contributed by atoms with Gasteiger partial charge in [-0.05, 0) is 18.2 Å². The first kappa shape index (κ1) is 12.8. The number of hydrogen-bond acceptors (Lipinski definition) is 3. The molecule has 0 fully saturated rings. The van der Waals surface area contributed by atoms with Crippen LogP contribution in [0.15, 0.2) is 30.9 Å². The molecule has 0 radical (unpaired) electrons. The van der Waals surface area contributed by atoms with E-state index in [2.05, 4.69) is 17.2 Å². The Morgan fingerprint density at radius 1 is 1.35 bits per heavy atom. The summed E-state index contributed by atoms with van der Waals surface area (Å²) in [7, 11) is 1.49. The third kappa shape index (κ3) is 3.64.